The molecule has 2 aromatic rings. The number of amides is 3. The Morgan fingerprint density at radius 1 is 1.09 bits per heavy atom. The Morgan fingerprint density at radius 3 is 2.50 bits per heavy atom. The molecule has 0 aromatic heterocycles. The third kappa shape index (κ3) is 5.40. The first-order chi connectivity index (χ1) is 15.6. The number of ether oxygens (including phenoxy) is 2. The summed E-state index contributed by atoms with van der Waals surface area (Å²) < 4.78 is 11.2. The second-order valence-electron chi connectivity index (χ2n) is 8.36. The van der Waals surface area contributed by atoms with Gasteiger partial charge >= 0.3 is 6.03 Å². The summed E-state index contributed by atoms with van der Waals surface area (Å²) in [6.07, 6.45) is 4.07. The SMILES string of the molecule is COc1ccc(C(=O)N(CC2CN(C(=O)Nc3ccccc3)CCO2)C2CCCC2)cc1. The van der Waals surface area contributed by atoms with E-state index >= 15 is 0 Å². The van der Waals surface area contributed by atoms with E-state index in [1.807, 2.05) is 59.5 Å². The first-order valence-electron chi connectivity index (χ1n) is 11.3. The molecule has 0 spiro atoms. The van der Waals surface area contributed by atoms with Crippen molar-refractivity contribution in [1.29, 1.82) is 0 Å². The highest BCUT2D eigenvalue weighted by Gasteiger charge is 2.32. The number of nitrogens with one attached hydrogen (secondary N) is 1. The molecule has 1 saturated heterocycles. The van der Waals surface area contributed by atoms with Crippen LogP contribution in [0.5, 0.6) is 5.75 Å². The summed E-state index contributed by atoms with van der Waals surface area (Å²) in [7, 11) is 1.61. The van der Waals surface area contributed by atoms with E-state index in [0.717, 1.165) is 37.1 Å². The third-order valence-corrected chi connectivity index (χ3v) is 6.21. The molecule has 1 heterocycles. The zero-order valence-corrected chi connectivity index (χ0v) is 18.5. The number of morpholine rings is 1. The highest BCUT2D eigenvalue weighted by atomic mass is 16.5. The molecule has 1 N–H and O–H groups in total. The van der Waals surface area contributed by atoms with Crippen LogP contribution in [0.2, 0.25) is 0 Å². The van der Waals surface area contributed by atoms with Crippen molar-refractivity contribution in [2.45, 2.75) is 37.8 Å². The summed E-state index contributed by atoms with van der Waals surface area (Å²) in [5.41, 5.74) is 1.41. The minimum atomic E-state index is -0.215. The molecule has 1 unspecified atom stereocenters. The quantitative estimate of drug-likeness (QED) is 0.741. The van der Waals surface area contributed by atoms with Crippen LogP contribution in [0.4, 0.5) is 10.5 Å². The number of hydrogen-bond acceptors (Lipinski definition) is 4. The zero-order chi connectivity index (χ0) is 22.3. The molecular weight excluding hydrogens is 406 g/mol. The van der Waals surface area contributed by atoms with Crippen LogP contribution in [-0.4, -0.2) is 67.2 Å². The van der Waals surface area contributed by atoms with E-state index in [1.165, 1.54) is 0 Å². The highest BCUT2D eigenvalue weighted by molar-refractivity contribution is 5.94. The Balaban J connectivity index is 1.43. The van der Waals surface area contributed by atoms with Crippen LogP contribution in [0.1, 0.15) is 36.0 Å². The van der Waals surface area contributed by atoms with Gasteiger partial charge in [0.25, 0.3) is 5.91 Å². The lowest BCUT2D eigenvalue weighted by Gasteiger charge is -2.37. The average molecular weight is 438 g/mol. The molecule has 0 bridgehead atoms. The summed E-state index contributed by atoms with van der Waals surface area (Å²) in [4.78, 5) is 29.9. The molecule has 0 radical (unpaired) electrons. The molecule has 2 aliphatic rings. The van der Waals surface area contributed by atoms with Crippen LogP contribution in [0.25, 0.3) is 0 Å². The van der Waals surface area contributed by atoms with E-state index in [4.69, 9.17) is 9.47 Å². The summed E-state index contributed by atoms with van der Waals surface area (Å²) >= 11 is 0. The fourth-order valence-corrected chi connectivity index (χ4v) is 4.47. The van der Waals surface area contributed by atoms with Crippen molar-refractivity contribution in [3.63, 3.8) is 0 Å². The van der Waals surface area contributed by atoms with Crippen LogP contribution < -0.4 is 10.1 Å². The van der Waals surface area contributed by atoms with E-state index in [2.05, 4.69) is 5.32 Å². The van der Waals surface area contributed by atoms with Crippen LogP contribution in [0.3, 0.4) is 0 Å². The molecule has 3 amide bonds. The topological polar surface area (TPSA) is 71.1 Å². The molecule has 1 aliphatic carbocycles. The average Bonchev–Trinajstić information content (AvgIpc) is 3.38. The van der Waals surface area contributed by atoms with Gasteiger partial charge in [-0.15, -0.1) is 0 Å². The molecule has 170 valence electrons. The molecule has 1 atom stereocenters. The number of urea groups is 1. The van der Waals surface area contributed by atoms with Crippen molar-refractivity contribution in [2.75, 3.05) is 38.7 Å². The van der Waals surface area contributed by atoms with Crippen molar-refractivity contribution in [3.8, 4) is 5.75 Å². The van der Waals surface area contributed by atoms with Crippen molar-refractivity contribution in [1.82, 2.24) is 9.80 Å². The van der Waals surface area contributed by atoms with Gasteiger partial charge in [0.15, 0.2) is 0 Å². The molecule has 2 aromatic carbocycles. The molecule has 7 nitrogen and oxygen atoms in total. The van der Waals surface area contributed by atoms with Crippen LogP contribution in [0.15, 0.2) is 54.6 Å². The number of rotatable bonds is 6. The van der Waals surface area contributed by atoms with E-state index in [9.17, 15) is 9.59 Å². The number of anilines is 1. The molecule has 4 rings (SSSR count). The second-order valence-corrected chi connectivity index (χ2v) is 8.36. The summed E-state index contributed by atoms with van der Waals surface area (Å²) in [5.74, 6) is 0.735. The lowest BCUT2D eigenvalue weighted by atomic mass is 10.1. The Hall–Kier alpha value is -3.06. The number of carbonyl (C=O) groups is 2. The monoisotopic (exact) mass is 437 g/mol. The van der Waals surface area contributed by atoms with Gasteiger partial charge in [-0.25, -0.2) is 4.79 Å². The number of hydrogen-bond donors (Lipinski definition) is 1. The van der Waals surface area contributed by atoms with Crippen LogP contribution >= 0.6 is 0 Å². The lowest BCUT2D eigenvalue weighted by Crippen LogP contribution is -2.53. The minimum absolute atomic E-state index is 0.00835. The first kappa shape index (κ1) is 22.1. The van der Waals surface area contributed by atoms with Crippen molar-refractivity contribution < 1.29 is 19.1 Å². The van der Waals surface area contributed by atoms with Gasteiger partial charge in [-0.05, 0) is 49.2 Å². The molecule has 2 fully saturated rings. The predicted octanol–water partition coefficient (Wildman–Crippen LogP) is 4.01. The van der Waals surface area contributed by atoms with E-state index in [0.29, 0.717) is 31.8 Å². The van der Waals surface area contributed by atoms with E-state index < -0.39 is 0 Å². The second kappa shape index (κ2) is 10.5. The van der Waals surface area contributed by atoms with Gasteiger partial charge in [-0.1, -0.05) is 31.0 Å². The highest BCUT2D eigenvalue weighted by Crippen LogP contribution is 2.26. The van der Waals surface area contributed by atoms with Gasteiger partial charge in [0.05, 0.1) is 26.4 Å². The maximum atomic E-state index is 13.4. The number of methoxy groups -OCH3 is 1. The number of carbonyl (C=O) groups excluding carboxylic acids is 2. The van der Waals surface area contributed by atoms with Gasteiger partial charge in [0.1, 0.15) is 5.75 Å². The minimum Gasteiger partial charge on any atom is -0.497 e. The van der Waals surface area contributed by atoms with Gasteiger partial charge in [0.2, 0.25) is 0 Å². The summed E-state index contributed by atoms with van der Waals surface area (Å²) in [6, 6.07) is 16.7. The number of nitrogens with zero attached hydrogens (tertiary/aromatic N) is 2. The zero-order valence-electron chi connectivity index (χ0n) is 18.5. The normalized spacial score (nSPS) is 18.9. The fourth-order valence-electron chi connectivity index (χ4n) is 4.47. The van der Waals surface area contributed by atoms with Crippen molar-refractivity contribution in [3.05, 3.63) is 60.2 Å². The lowest BCUT2D eigenvalue weighted by molar-refractivity contribution is -0.0308. The Bertz CT molecular complexity index is 897. The molecule has 1 aliphatic heterocycles. The van der Waals surface area contributed by atoms with Crippen LogP contribution in [-0.2, 0) is 4.74 Å². The van der Waals surface area contributed by atoms with E-state index in [1.54, 1.807) is 12.0 Å². The van der Waals surface area contributed by atoms with Gasteiger partial charge in [0, 0.05) is 30.4 Å². The summed E-state index contributed by atoms with van der Waals surface area (Å²) in [5, 5.41) is 2.94. The maximum absolute atomic E-state index is 13.4. The van der Waals surface area contributed by atoms with Gasteiger partial charge in [-0.3, -0.25) is 4.79 Å². The third-order valence-electron chi connectivity index (χ3n) is 6.21. The Kier molecular flexibility index (Phi) is 7.27. The van der Waals surface area contributed by atoms with Gasteiger partial charge < -0.3 is 24.6 Å². The van der Waals surface area contributed by atoms with Crippen molar-refractivity contribution in [2.24, 2.45) is 0 Å². The number of benzene rings is 2. The Labute approximate surface area is 189 Å². The predicted molar refractivity (Wildman–Crippen MR) is 123 cm³/mol. The maximum Gasteiger partial charge on any atom is 0.322 e. The van der Waals surface area contributed by atoms with E-state index in [-0.39, 0.29) is 24.1 Å². The van der Waals surface area contributed by atoms with Crippen LogP contribution in [0, 0.1) is 0 Å². The molecule has 1 saturated carbocycles. The first-order valence-corrected chi connectivity index (χ1v) is 11.3. The smallest absolute Gasteiger partial charge is 0.322 e. The van der Waals surface area contributed by atoms with Crippen molar-refractivity contribution >= 4 is 17.6 Å². The fraction of sp³-hybridized carbons (Fsp3) is 0.440. The Morgan fingerprint density at radius 2 is 1.81 bits per heavy atom. The molecule has 7 heteroatoms. The largest absolute Gasteiger partial charge is 0.497 e. The standard InChI is InChI=1S/C25H31N3O4/c1-31-22-13-11-19(12-14-22)24(29)28(21-9-5-6-10-21)18-23-17-27(15-16-32-23)25(30)26-20-7-3-2-4-8-20/h2-4,7-8,11-14,21,23H,5-6,9-10,15-18H2,1H3,(H,26,30). The molecule has 32 heavy (non-hydrogen) atoms. The molecular formula is C25H31N3O4. The number of para-hydroxylation sites is 1. The summed E-state index contributed by atoms with van der Waals surface area (Å²) in [6.45, 7) is 1.93. The van der Waals surface area contributed by atoms with Gasteiger partial charge in [-0.2, -0.15) is 0 Å².